The number of amides is 1. The molecule has 0 saturated heterocycles. The molecular weight excluding hydrogens is 237 g/mol. The molecule has 1 rings (SSSR count). The maximum absolute atomic E-state index is 13.6. The fourth-order valence-corrected chi connectivity index (χ4v) is 1.61. The summed E-state index contributed by atoms with van der Waals surface area (Å²) in [6.07, 6.45) is 0.703. The normalized spacial score (nSPS) is 10.1. The van der Waals surface area contributed by atoms with Crippen LogP contribution in [0.15, 0.2) is 24.3 Å². The average molecular weight is 253 g/mol. The molecule has 5 heteroatoms. The lowest BCUT2D eigenvalue weighted by Gasteiger charge is -2.22. The molecule has 18 heavy (non-hydrogen) atoms. The predicted molar refractivity (Wildman–Crippen MR) is 65.9 cm³/mol. The fraction of sp³-hybridized carbons (Fsp3) is 0.385. The van der Waals surface area contributed by atoms with Gasteiger partial charge in [-0.3, -0.25) is 9.59 Å². The molecule has 1 N–H and O–H groups in total. The molecule has 0 aliphatic carbocycles. The average Bonchev–Trinajstić information content (AvgIpc) is 2.31. The number of carboxylic acid groups (broad SMARTS) is 1. The summed E-state index contributed by atoms with van der Waals surface area (Å²) in [6.45, 7) is 1.82. The summed E-state index contributed by atoms with van der Waals surface area (Å²) in [4.78, 5) is 23.6. The van der Waals surface area contributed by atoms with Crippen molar-refractivity contribution in [3.8, 4) is 0 Å². The number of para-hydroxylation sites is 1. The van der Waals surface area contributed by atoms with E-state index in [9.17, 15) is 14.0 Å². The minimum absolute atomic E-state index is 0.0188. The number of rotatable bonds is 6. The monoisotopic (exact) mass is 253 g/mol. The lowest BCUT2D eigenvalue weighted by molar-refractivity contribution is -0.136. The van der Waals surface area contributed by atoms with Crippen molar-refractivity contribution in [2.45, 2.75) is 26.2 Å². The van der Waals surface area contributed by atoms with Crippen LogP contribution in [-0.2, 0) is 9.59 Å². The van der Waals surface area contributed by atoms with E-state index in [1.165, 1.54) is 23.1 Å². The molecule has 0 aromatic heterocycles. The van der Waals surface area contributed by atoms with Crippen molar-refractivity contribution in [2.24, 2.45) is 0 Å². The van der Waals surface area contributed by atoms with Gasteiger partial charge in [0.25, 0.3) is 0 Å². The van der Waals surface area contributed by atoms with Gasteiger partial charge < -0.3 is 10.0 Å². The van der Waals surface area contributed by atoms with Gasteiger partial charge in [-0.15, -0.1) is 0 Å². The van der Waals surface area contributed by atoms with Crippen molar-refractivity contribution in [2.75, 3.05) is 11.4 Å². The number of nitrogens with zero attached hydrogens (tertiary/aromatic N) is 1. The van der Waals surface area contributed by atoms with Gasteiger partial charge in [-0.25, -0.2) is 4.39 Å². The van der Waals surface area contributed by atoms with Gasteiger partial charge >= 0.3 is 5.97 Å². The Balaban J connectivity index is 2.93. The van der Waals surface area contributed by atoms with Gasteiger partial charge in [-0.05, 0) is 18.6 Å². The van der Waals surface area contributed by atoms with E-state index in [2.05, 4.69) is 0 Å². The van der Waals surface area contributed by atoms with Crippen molar-refractivity contribution >= 4 is 17.6 Å². The summed E-state index contributed by atoms with van der Waals surface area (Å²) in [5, 5.41) is 8.66. The third-order valence-electron chi connectivity index (χ3n) is 2.46. The Labute approximate surface area is 105 Å². The van der Waals surface area contributed by atoms with Crippen LogP contribution in [-0.4, -0.2) is 23.5 Å². The second kappa shape index (κ2) is 6.74. The van der Waals surface area contributed by atoms with Crippen molar-refractivity contribution < 1.29 is 19.1 Å². The molecule has 0 bridgehead atoms. The zero-order valence-electron chi connectivity index (χ0n) is 10.2. The van der Waals surface area contributed by atoms with Crippen LogP contribution in [0.2, 0.25) is 0 Å². The largest absolute Gasteiger partial charge is 0.481 e. The Bertz CT molecular complexity index is 434. The van der Waals surface area contributed by atoms with Gasteiger partial charge in [0.15, 0.2) is 0 Å². The Morgan fingerprint density at radius 3 is 2.50 bits per heavy atom. The molecule has 98 valence electrons. The third kappa shape index (κ3) is 3.84. The maximum atomic E-state index is 13.6. The fourth-order valence-electron chi connectivity index (χ4n) is 1.61. The lowest BCUT2D eigenvalue weighted by Crippen LogP contribution is -2.33. The molecule has 0 spiro atoms. The van der Waals surface area contributed by atoms with Crippen LogP contribution in [0, 0.1) is 5.82 Å². The highest BCUT2D eigenvalue weighted by atomic mass is 19.1. The second-order valence-electron chi connectivity index (χ2n) is 3.89. The molecule has 0 heterocycles. The van der Waals surface area contributed by atoms with E-state index in [0.29, 0.717) is 6.42 Å². The lowest BCUT2D eigenvalue weighted by atomic mass is 10.2. The Morgan fingerprint density at radius 2 is 1.94 bits per heavy atom. The number of benzene rings is 1. The van der Waals surface area contributed by atoms with E-state index in [-0.39, 0.29) is 31.0 Å². The van der Waals surface area contributed by atoms with Crippen LogP contribution >= 0.6 is 0 Å². The third-order valence-corrected chi connectivity index (χ3v) is 2.46. The van der Waals surface area contributed by atoms with Crippen molar-refractivity contribution in [3.05, 3.63) is 30.1 Å². The van der Waals surface area contributed by atoms with Crippen LogP contribution in [0.4, 0.5) is 10.1 Å². The number of hydrogen-bond acceptors (Lipinski definition) is 2. The predicted octanol–water partition coefficient (Wildman–Crippen LogP) is 2.43. The van der Waals surface area contributed by atoms with Gasteiger partial charge in [0.1, 0.15) is 5.82 Å². The quantitative estimate of drug-likeness (QED) is 0.847. The summed E-state index contributed by atoms with van der Waals surface area (Å²) < 4.78 is 13.6. The first-order valence-electron chi connectivity index (χ1n) is 5.83. The first-order chi connectivity index (χ1) is 8.56. The highest BCUT2D eigenvalue weighted by Gasteiger charge is 2.18. The number of carboxylic acids is 1. The molecule has 0 aliphatic rings. The Morgan fingerprint density at radius 1 is 1.28 bits per heavy atom. The van der Waals surface area contributed by atoms with E-state index < -0.39 is 11.8 Å². The van der Waals surface area contributed by atoms with Gasteiger partial charge in [0, 0.05) is 13.0 Å². The molecule has 0 radical (unpaired) electrons. The van der Waals surface area contributed by atoms with Crippen LogP contribution in [0.25, 0.3) is 0 Å². The van der Waals surface area contributed by atoms with Gasteiger partial charge in [0.05, 0.1) is 12.1 Å². The zero-order chi connectivity index (χ0) is 13.5. The van der Waals surface area contributed by atoms with E-state index >= 15 is 0 Å². The first kappa shape index (κ1) is 14.2. The summed E-state index contributed by atoms with van der Waals surface area (Å²) in [6, 6.07) is 5.87. The first-order valence-corrected chi connectivity index (χ1v) is 5.83. The second-order valence-corrected chi connectivity index (χ2v) is 3.89. The van der Waals surface area contributed by atoms with E-state index in [0.717, 1.165) is 0 Å². The summed E-state index contributed by atoms with van der Waals surface area (Å²) >= 11 is 0. The van der Waals surface area contributed by atoms with Crippen molar-refractivity contribution in [1.29, 1.82) is 0 Å². The smallest absolute Gasteiger partial charge is 0.305 e. The van der Waals surface area contributed by atoms with Gasteiger partial charge in [0.2, 0.25) is 5.91 Å². The molecule has 0 fully saturated rings. The number of hydrogen-bond donors (Lipinski definition) is 1. The molecule has 0 aliphatic heterocycles. The zero-order valence-corrected chi connectivity index (χ0v) is 10.2. The Hall–Kier alpha value is -1.91. The van der Waals surface area contributed by atoms with Crippen LogP contribution in [0.5, 0.6) is 0 Å². The Kier molecular flexibility index (Phi) is 5.30. The molecule has 1 aromatic carbocycles. The molecule has 0 atom stereocenters. The van der Waals surface area contributed by atoms with E-state index in [4.69, 9.17) is 5.11 Å². The SMILES string of the molecule is CCCC(=O)N(CCC(=O)O)c1ccccc1F. The molecule has 4 nitrogen and oxygen atoms in total. The minimum atomic E-state index is -1.01. The number of carbonyl (C=O) groups is 2. The standard InChI is InChI=1S/C13H16FNO3/c1-2-5-12(16)15(9-8-13(17)18)11-7-4-3-6-10(11)14/h3-4,6-7H,2,5,8-9H2,1H3,(H,17,18). The topological polar surface area (TPSA) is 57.6 Å². The van der Waals surface area contributed by atoms with Crippen LogP contribution < -0.4 is 4.90 Å². The maximum Gasteiger partial charge on any atom is 0.305 e. The van der Waals surface area contributed by atoms with Gasteiger partial charge in [-0.2, -0.15) is 0 Å². The number of aliphatic carboxylic acids is 1. The molecule has 0 saturated carbocycles. The molecular formula is C13H16FNO3. The molecule has 0 unspecified atom stereocenters. The van der Waals surface area contributed by atoms with Crippen molar-refractivity contribution in [3.63, 3.8) is 0 Å². The highest BCUT2D eigenvalue weighted by Crippen LogP contribution is 2.20. The van der Waals surface area contributed by atoms with Gasteiger partial charge in [-0.1, -0.05) is 19.1 Å². The van der Waals surface area contributed by atoms with Crippen molar-refractivity contribution in [1.82, 2.24) is 0 Å². The number of anilines is 1. The highest BCUT2D eigenvalue weighted by molar-refractivity contribution is 5.93. The number of halogens is 1. The minimum Gasteiger partial charge on any atom is -0.481 e. The summed E-state index contributed by atoms with van der Waals surface area (Å²) in [7, 11) is 0. The number of carbonyl (C=O) groups excluding carboxylic acids is 1. The summed E-state index contributed by atoms with van der Waals surface area (Å²) in [5.41, 5.74) is 0.136. The van der Waals surface area contributed by atoms with Crippen LogP contribution in [0.1, 0.15) is 26.2 Å². The summed E-state index contributed by atoms with van der Waals surface area (Å²) in [5.74, 6) is -1.79. The van der Waals surface area contributed by atoms with E-state index in [1.807, 2.05) is 6.92 Å². The van der Waals surface area contributed by atoms with Crippen LogP contribution in [0.3, 0.4) is 0 Å². The molecule has 1 aromatic rings. The molecule has 1 amide bonds. The van der Waals surface area contributed by atoms with E-state index in [1.54, 1.807) is 6.07 Å².